The molecule has 1 aromatic heterocycles. The Balaban J connectivity index is 1.56. The fraction of sp³-hybridized carbons (Fsp3) is 0.350. The van der Waals surface area contributed by atoms with Gasteiger partial charge in [0.15, 0.2) is 11.5 Å². The molecule has 8 heteroatoms. The highest BCUT2D eigenvalue weighted by atomic mass is 16.5. The van der Waals surface area contributed by atoms with Gasteiger partial charge in [0.2, 0.25) is 17.7 Å². The number of likely N-dealkylation sites (tertiary alicyclic amines) is 1. The maximum atomic E-state index is 12.5. The molecule has 0 bridgehead atoms. The zero-order chi connectivity index (χ0) is 19.9. The molecule has 1 aliphatic heterocycles. The maximum Gasteiger partial charge on any atom is 0.246 e. The summed E-state index contributed by atoms with van der Waals surface area (Å²) in [5, 5.41) is 7.83. The van der Waals surface area contributed by atoms with Gasteiger partial charge in [-0.05, 0) is 23.8 Å². The van der Waals surface area contributed by atoms with Gasteiger partial charge in [-0.1, -0.05) is 6.07 Å². The molecule has 1 fully saturated rings. The number of hydrogen-bond acceptors (Lipinski definition) is 7. The fourth-order valence-corrected chi connectivity index (χ4v) is 2.90. The Morgan fingerprint density at radius 3 is 2.46 bits per heavy atom. The normalized spacial score (nSPS) is 16.2. The van der Waals surface area contributed by atoms with Gasteiger partial charge in [0.05, 0.1) is 27.9 Å². The van der Waals surface area contributed by atoms with Gasteiger partial charge in [0, 0.05) is 31.2 Å². The summed E-state index contributed by atoms with van der Waals surface area (Å²) in [6.07, 6.45) is 3.94. The smallest absolute Gasteiger partial charge is 0.246 e. The van der Waals surface area contributed by atoms with Gasteiger partial charge in [0.1, 0.15) is 6.10 Å². The lowest BCUT2D eigenvalue weighted by atomic mass is 10.2. The first-order chi connectivity index (χ1) is 13.6. The largest absolute Gasteiger partial charge is 0.493 e. The second-order valence-corrected chi connectivity index (χ2v) is 6.17. The van der Waals surface area contributed by atoms with Crippen LogP contribution in [0.15, 0.2) is 36.4 Å². The van der Waals surface area contributed by atoms with Gasteiger partial charge in [-0.25, -0.2) is 0 Å². The first-order valence-corrected chi connectivity index (χ1v) is 8.86. The van der Waals surface area contributed by atoms with Crippen LogP contribution in [0.4, 0.5) is 0 Å². The summed E-state index contributed by atoms with van der Waals surface area (Å²) in [5.74, 6) is 2.04. The second-order valence-electron chi connectivity index (χ2n) is 6.17. The molecule has 0 N–H and O–H groups in total. The van der Waals surface area contributed by atoms with E-state index in [-0.39, 0.29) is 12.0 Å². The van der Waals surface area contributed by atoms with Crippen molar-refractivity contribution in [2.45, 2.75) is 12.5 Å². The van der Waals surface area contributed by atoms with E-state index >= 15 is 0 Å². The molecule has 3 rings (SSSR count). The zero-order valence-corrected chi connectivity index (χ0v) is 16.1. The highest BCUT2D eigenvalue weighted by Crippen LogP contribution is 2.28. The van der Waals surface area contributed by atoms with Crippen molar-refractivity contribution in [2.24, 2.45) is 0 Å². The third kappa shape index (κ3) is 4.70. The Morgan fingerprint density at radius 2 is 1.79 bits per heavy atom. The van der Waals surface area contributed by atoms with Gasteiger partial charge in [-0.15, -0.1) is 10.2 Å². The molecule has 0 radical (unpaired) electrons. The van der Waals surface area contributed by atoms with Crippen molar-refractivity contribution in [3.05, 3.63) is 42.0 Å². The van der Waals surface area contributed by atoms with E-state index in [1.54, 1.807) is 49.5 Å². The topological polar surface area (TPSA) is 83.0 Å². The van der Waals surface area contributed by atoms with Gasteiger partial charge >= 0.3 is 0 Å². The van der Waals surface area contributed by atoms with Crippen molar-refractivity contribution in [1.29, 1.82) is 0 Å². The number of nitrogens with zero attached hydrogens (tertiary/aromatic N) is 3. The summed E-state index contributed by atoms with van der Waals surface area (Å²) in [7, 11) is 4.69. The zero-order valence-electron chi connectivity index (χ0n) is 16.1. The van der Waals surface area contributed by atoms with Gasteiger partial charge in [-0.3, -0.25) is 4.79 Å². The van der Waals surface area contributed by atoms with Crippen LogP contribution in [-0.4, -0.2) is 61.5 Å². The average molecular weight is 385 g/mol. The number of rotatable bonds is 7. The van der Waals surface area contributed by atoms with Crippen LogP contribution in [0.25, 0.3) is 6.08 Å². The molecule has 2 aromatic rings. The van der Waals surface area contributed by atoms with Gasteiger partial charge in [0.25, 0.3) is 0 Å². The standard InChI is InChI=1S/C20H23N3O5/c1-25-16-6-4-14(12-17(16)26-2)5-9-20(24)23-11-10-15(13-23)28-19-8-7-18(27-3)21-22-19/h4-9,12,15H,10-11,13H2,1-3H3/b9-5+. The number of carbonyl (C=O) groups is 1. The number of ether oxygens (including phenoxy) is 4. The number of amides is 1. The minimum Gasteiger partial charge on any atom is -0.493 e. The molecule has 1 saturated heterocycles. The van der Waals surface area contributed by atoms with Crippen LogP contribution < -0.4 is 18.9 Å². The molecule has 1 amide bonds. The summed E-state index contributed by atoms with van der Waals surface area (Å²) in [5.41, 5.74) is 0.853. The van der Waals surface area contributed by atoms with E-state index in [2.05, 4.69) is 10.2 Å². The Hall–Kier alpha value is -3.29. The summed E-state index contributed by atoms with van der Waals surface area (Å²) < 4.78 is 21.3. The molecular formula is C20H23N3O5. The fourth-order valence-electron chi connectivity index (χ4n) is 2.90. The van der Waals surface area contributed by atoms with Crippen molar-refractivity contribution in [1.82, 2.24) is 15.1 Å². The van der Waals surface area contributed by atoms with Crippen molar-refractivity contribution >= 4 is 12.0 Å². The number of methoxy groups -OCH3 is 3. The van der Waals surface area contributed by atoms with E-state index < -0.39 is 0 Å². The highest BCUT2D eigenvalue weighted by molar-refractivity contribution is 5.92. The van der Waals surface area contributed by atoms with E-state index in [0.29, 0.717) is 36.3 Å². The van der Waals surface area contributed by atoms with Crippen LogP contribution in [0.3, 0.4) is 0 Å². The average Bonchev–Trinajstić information content (AvgIpc) is 3.20. The SMILES string of the molecule is COc1ccc(OC2CCN(C(=O)/C=C/c3ccc(OC)c(OC)c3)C2)nn1. The first kappa shape index (κ1) is 19.5. The van der Waals surface area contributed by atoms with Gasteiger partial charge < -0.3 is 23.8 Å². The van der Waals surface area contributed by atoms with Crippen LogP contribution in [0.1, 0.15) is 12.0 Å². The van der Waals surface area contributed by atoms with E-state index in [1.165, 1.54) is 7.11 Å². The van der Waals surface area contributed by atoms with Crippen LogP contribution in [0.5, 0.6) is 23.3 Å². The van der Waals surface area contributed by atoms with Crippen LogP contribution in [-0.2, 0) is 4.79 Å². The number of carbonyl (C=O) groups excluding carboxylic acids is 1. The van der Waals surface area contributed by atoms with Crippen molar-refractivity contribution < 1.29 is 23.7 Å². The predicted molar refractivity (Wildman–Crippen MR) is 103 cm³/mol. The third-order valence-electron chi connectivity index (χ3n) is 4.39. The third-order valence-corrected chi connectivity index (χ3v) is 4.39. The summed E-state index contributed by atoms with van der Waals surface area (Å²) in [6, 6.07) is 8.88. The van der Waals surface area contributed by atoms with Crippen molar-refractivity contribution in [3.63, 3.8) is 0 Å². The van der Waals surface area contributed by atoms with Crippen LogP contribution >= 0.6 is 0 Å². The molecule has 1 aromatic carbocycles. The molecule has 2 heterocycles. The first-order valence-electron chi connectivity index (χ1n) is 8.86. The Morgan fingerprint density at radius 1 is 1.04 bits per heavy atom. The molecule has 0 saturated carbocycles. The predicted octanol–water partition coefficient (Wildman–Crippen LogP) is 2.20. The number of aromatic nitrogens is 2. The molecular weight excluding hydrogens is 362 g/mol. The Bertz CT molecular complexity index is 838. The van der Waals surface area contributed by atoms with E-state index in [9.17, 15) is 4.79 Å². The van der Waals surface area contributed by atoms with Gasteiger partial charge in [-0.2, -0.15) is 0 Å². The van der Waals surface area contributed by atoms with E-state index in [1.807, 2.05) is 12.1 Å². The Labute approximate surface area is 163 Å². The highest BCUT2D eigenvalue weighted by Gasteiger charge is 2.26. The summed E-state index contributed by atoms with van der Waals surface area (Å²) in [6.45, 7) is 1.13. The minimum absolute atomic E-state index is 0.0679. The number of hydrogen-bond donors (Lipinski definition) is 0. The van der Waals surface area contributed by atoms with Crippen molar-refractivity contribution in [3.8, 4) is 23.3 Å². The molecule has 0 aliphatic carbocycles. The molecule has 8 nitrogen and oxygen atoms in total. The van der Waals surface area contributed by atoms with E-state index in [0.717, 1.165) is 12.0 Å². The lowest BCUT2D eigenvalue weighted by Gasteiger charge is -2.15. The second kappa shape index (κ2) is 9.07. The van der Waals surface area contributed by atoms with Crippen molar-refractivity contribution in [2.75, 3.05) is 34.4 Å². The molecule has 148 valence electrons. The monoisotopic (exact) mass is 385 g/mol. The molecule has 0 spiro atoms. The number of benzene rings is 1. The minimum atomic E-state index is -0.110. The molecule has 1 unspecified atom stereocenters. The molecule has 28 heavy (non-hydrogen) atoms. The van der Waals surface area contributed by atoms with Crippen LogP contribution in [0.2, 0.25) is 0 Å². The maximum absolute atomic E-state index is 12.5. The van der Waals surface area contributed by atoms with Crippen LogP contribution in [0, 0.1) is 0 Å². The lowest BCUT2D eigenvalue weighted by Crippen LogP contribution is -2.29. The lowest BCUT2D eigenvalue weighted by molar-refractivity contribution is -0.125. The van der Waals surface area contributed by atoms with E-state index in [4.69, 9.17) is 18.9 Å². The molecule has 1 aliphatic rings. The summed E-state index contributed by atoms with van der Waals surface area (Å²) >= 11 is 0. The Kier molecular flexibility index (Phi) is 6.31. The quantitative estimate of drug-likeness (QED) is 0.676. The molecule has 1 atom stereocenters. The summed E-state index contributed by atoms with van der Waals surface area (Å²) in [4.78, 5) is 14.2.